The minimum atomic E-state index is -0.249. The molecule has 0 spiro atoms. The van der Waals surface area contributed by atoms with Crippen molar-refractivity contribution in [1.82, 2.24) is 5.32 Å². The quantitative estimate of drug-likeness (QED) is 0.825. The fourth-order valence-corrected chi connectivity index (χ4v) is 2.26. The van der Waals surface area contributed by atoms with Crippen LogP contribution in [0.4, 0.5) is 0 Å². The number of halogens is 1. The summed E-state index contributed by atoms with van der Waals surface area (Å²) in [4.78, 5) is 0. The Morgan fingerprint density at radius 1 is 1.26 bits per heavy atom. The number of benzene rings is 1. The van der Waals surface area contributed by atoms with Crippen LogP contribution in [0.25, 0.3) is 11.0 Å². The molecule has 1 heterocycles. The van der Waals surface area contributed by atoms with E-state index in [0.717, 1.165) is 21.2 Å². The first-order valence-corrected chi connectivity index (χ1v) is 6.91. The summed E-state index contributed by atoms with van der Waals surface area (Å²) in [6, 6.07) is 8.12. The van der Waals surface area contributed by atoms with Gasteiger partial charge in [-0.05, 0) is 31.2 Å². The fourth-order valence-electron chi connectivity index (χ4n) is 1.88. The molecular weight excluding hydrogens is 310 g/mol. The molecule has 0 fully saturated rings. The van der Waals surface area contributed by atoms with E-state index < -0.39 is 0 Å². The molecule has 0 amide bonds. The molecule has 4 nitrogen and oxygen atoms in total. The molecule has 0 saturated heterocycles. The number of ether oxygens (including phenoxy) is 2. The van der Waals surface area contributed by atoms with E-state index in [1.165, 1.54) is 0 Å². The Bertz CT molecular complexity index is 536. The van der Waals surface area contributed by atoms with Crippen LogP contribution in [0, 0.1) is 0 Å². The van der Waals surface area contributed by atoms with E-state index in [4.69, 9.17) is 13.9 Å². The Morgan fingerprint density at radius 2 is 2.00 bits per heavy atom. The van der Waals surface area contributed by atoms with Crippen LogP contribution in [0.15, 0.2) is 33.2 Å². The van der Waals surface area contributed by atoms with Crippen LogP contribution in [0.5, 0.6) is 0 Å². The lowest BCUT2D eigenvalue weighted by molar-refractivity contribution is -0.0999. The monoisotopic (exact) mass is 327 g/mol. The molecule has 0 bridgehead atoms. The number of methoxy groups -OCH3 is 2. The zero-order valence-electron chi connectivity index (χ0n) is 11.3. The molecule has 19 heavy (non-hydrogen) atoms. The summed E-state index contributed by atoms with van der Waals surface area (Å²) >= 11 is 3.46. The fraction of sp³-hybridized carbons (Fsp3) is 0.429. The highest BCUT2D eigenvalue weighted by atomic mass is 79.9. The molecule has 5 heteroatoms. The standard InChI is InChI=1S/C14H18BrNO3/c1-9(16-8-14(17-2)18-3)13-7-10-6-11(15)4-5-12(10)19-13/h4-7,9,14,16H,8H2,1-3H3. The summed E-state index contributed by atoms with van der Waals surface area (Å²) in [5.74, 6) is 0.902. The summed E-state index contributed by atoms with van der Waals surface area (Å²) < 4.78 is 17.1. The molecule has 0 aliphatic rings. The molecule has 2 rings (SSSR count). The highest BCUT2D eigenvalue weighted by Gasteiger charge is 2.13. The smallest absolute Gasteiger partial charge is 0.169 e. The third-order valence-corrected chi connectivity index (χ3v) is 3.53. The maximum absolute atomic E-state index is 5.82. The van der Waals surface area contributed by atoms with E-state index in [1.807, 2.05) is 24.3 Å². The molecule has 104 valence electrons. The second-order valence-corrected chi connectivity index (χ2v) is 5.28. The van der Waals surface area contributed by atoms with E-state index in [-0.39, 0.29) is 12.3 Å². The summed E-state index contributed by atoms with van der Waals surface area (Å²) in [7, 11) is 3.25. The van der Waals surface area contributed by atoms with Crippen molar-refractivity contribution in [3.05, 3.63) is 34.5 Å². The molecule has 1 atom stereocenters. The number of rotatable bonds is 6. The Labute approximate surface area is 121 Å². The normalized spacial score (nSPS) is 13.3. The van der Waals surface area contributed by atoms with Crippen molar-refractivity contribution in [3.63, 3.8) is 0 Å². The van der Waals surface area contributed by atoms with Gasteiger partial charge in [0.15, 0.2) is 6.29 Å². The van der Waals surface area contributed by atoms with Gasteiger partial charge in [-0.15, -0.1) is 0 Å². The van der Waals surface area contributed by atoms with Gasteiger partial charge in [-0.1, -0.05) is 15.9 Å². The van der Waals surface area contributed by atoms with Crippen molar-refractivity contribution in [2.75, 3.05) is 20.8 Å². The topological polar surface area (TPSA) is 43.6 Å². The van der Waals surface area contributed by atoms with Crippen LogP contribution in [0.2, 0.25) is 0 Å². The zero-order chi connectivity index (χ0) is 13.8. The van der Waals surface area contributed by atoms with Crippen LogP contribution in [0.3, 0.4) is 0 Å². The molecular formula is C14H18BrNO3. The Kier molecular flexibility index (Phi) is 4.99. The van der Waals surface area contributed by atoms with Gasteiger partial charge in [-0.2, -0.15) is 0 Å². The zero-order valence-corrected chi connectivity index (χ0v) is 12.9. The summed E-state index contributed by atoms with van der Waals surface area (Å²) in [6.45, 7) is 2.66. The number of fused-ring (bicyclic) bond motifs is 1. The summed E-state index contributed by atoms with van der Waals surface area (Å²) in [5, 5.41) is 4.41. The second kappa shape index (κ2) is 6.52. The lowest BCUT2D eigenvalue weighted by atomic mass is 10.2. The average molecular weight is 328 g/mol. The third kappa shape index (κ3) is 3.57. The summed E-state index contributed by atoms with van der Waals surface area (Å²) in [5.41, 5.74) is 0.891. The van der Waals surface area contributed by atoms with E-state index in [0.29, 0.717) is 6.54 Å². The lowest BCUT2D eigenvalue weighted by Gasteiger charge is -2.17. The minimum Gasteiger partial charge on any atom is -0.459 e. The molecule has 1 N–H and O–H groups in total. The number of nitrogens with one attached hydrogen (secondary N) is 1. The first-order chi connectivity index (χ1) is 9.13. The molecule has 1 unspecified atom stereocenters. The first kappa shape index (κ1) is 14.5. The highest BCUT2D eigenvalue weighted by Crippen LogP contribution is 2.26. The molecule has 1 aromatic heterocycles. The van der Waals surface area contributed by atoms with Crippen LogP contribution >= 0.6 is 15.9 Å². The van der Waals surface area contributed by atoms with Crippen LogP contribution < -0.4 is 5.32 Å². The van der Waals surface area contributed by atoms with Crippen molar-refractivity contribution in [3.8, 4) is 0 Å². The van der Waals surface area contributed by atoms with Crippen molar-refractivity contribution in [2.24, 2.45) is 0 Å². The Hall–Kier alpha value is -0.880. The average Bonchev–Trinajstić information content (AvgIpc) is 2.82. The van der Waals surface area contributed by atoms with Crippen LogP contribution in [-0.2, 0) is 9.47 Å². The van der Waals surface area contributed by atoms with Gasteiger partial charge >= 0.3 is 0 Å². The molecule has 0 aliphatic carbocycles. The van der Waals surface area contributed by atoms with Crippen molar-refractivity contribution < 1.29 is 13.9 Å². The largest absolute Gasteiger partial charge is 0.459 e. The molecule has 0 saturated carbocycles. The molecule has 2 aromatic rings. The van der Waals surface area contributed by atoms with E-state index in [1.54, 1.807) is 14.2 Å². The first-order valence-electron chi connectivity index (χ1n) is 6.12. The van der Waals surface area contributed by atoms with Crippen LogP contribution in [-0.4, -0.2) is 27.1 Å². The maximum atomic E-state index is 5.82. The van der Waals surface area contributed by atoms with E-state index in [9.17, 15) is 0 Å². The van der Waals surface area contributed by atoms with Crippen molar-refractivity contribution >= 4 is 26.9 Å². The van der Waals surface area contributed by atoms with Gasteiger partial charge in [-0.25, -0.2) is 0 Å². The van der Waals surface area contributed by atoms with Gasteiger partial charge < -0.3 is 19.2 Å². The van der Waals surface area contributed by atoms with Gasteiger partial charge in [0.1, 0.15) is 11.3 Å². The molecule has 0 aliphatic heterocycles. The van der Waals surface area contributed by atoms with Crippen LogP contribution in [0.1, 0.15) is 18.7 Å². The molecule has 1 aromatic carbocycles. The molecule has 0 radical (unpaired) electrons. The number of hydrogen-bond donors (Lipinski definition) is 1. The van der Waals surface area contributed by atoms with Crippen molar-refractivity contribution in [2.45, 2.75) is 19.3 Å². The Balaban J connectivity index is 2.06. The lowest BCUT2D eigenvalue weighted by Crippen LogP contribution is -2.31. The third-order valence-electron chi connectivity index (χ3n) is 3.04. The second-order valence-electron chi connectivity index (χ2n) is 4.36. The minimum absolute atomic E-state index is 0.0963. The van der Waals surface area contributed by atoms with Gasteiger partial charge in [0, 0.05) is 30.6 Å². The van der Waals surface area contributed by atoms with E-state index >= 15 is 0 Å². The summed E-state index contributed by atoms with van der Waals surface area (Å²) in [6.07, 6.45) is -0.249. The van der Waals surface area contributed by atoms with E-state index in [2.05, 4.69) is 28.2 Å². The van der Waals surface area contributed by atoms with Gasteiger partial charge in [-0.3, -0.25) is 0 Å². The van der Waals surface area contributed by atoms with Crippen molar-refractivity contribution in [1.29, 1.82) is 0 Å². The van der Waals surface area contributed by atoms with Gasteiger partial charge in [0.2, 0.25) is 0 Å². The SMILES string of the molecule is COC(CNC(C)c1cc2cc(Br)ccc2o1)OC. The number of hydrogen-bond acceptors (Lipinski definition) is 4. The number of furan rings is 1. The predicted octanol–water partition coefficient (Wildman–Crippen LogP) is 3.46. The highest BCUT2D eigenvalue weighted by molar-refractivity contribution is 9.10. The predicted molar refractivity (Wildman–Crippen MR) is 78.1 cm³/mol. The Morgan fingerprint density at radius 3 is 2.68 bits per heavy atom. The van der Waals surface area contributed by atoms with Gasteiger partial charge in [0.05, 0.1) is 6.04 Å². The maximum Gasteiger partial charge on any atom is 0.169 e. The van der Waals surface area contributed by atoms with Gasteiger partial charge in [0.25, 0.3) is 0 Å².